The summed E-state index contributed by atoms with van der Waals surface area (Å²) >= 11 is 5.49. The molecule has 4 nitrogen and oxygen atoms in total. The molecule has 0 aliphatic carbocycles. The highest BCUT2D eigenvalue weighted by Gasteiger charge is 2.31. The number of hydrogen-bond acceptors (Lipinski definition) is 4. The summed E-state index contributed by atoms with van der Waals surface area (Å²) in [5.74, 6) is -0.752. The summed E-state index contributed by atoms with van der Waals surface area (Å²) in [6, 6.07) is 12.4. The lowest BCUT2D eigenvalue weighted by Crippen LogP contribution is -2.32. The molecule has 0 saturated heterocycles. The van der Waals surface area contributed by atoms with E-state index >= 15 is 0 Å². The van der Waals surface area contributed by atoms with Crippen molar-refractivity contribution in [2.24, 2.45) is 0 Å². The Hall–Kier alpha value is -2.45. The molecule has 1 atom stereocenters. The van der Waals surface area contributed by atoms with E-state index in [1.807, 2.05) is 18.2 Å². The summed E-state index contributed by atoms with van der Waals surface area (Å²) in [5, 5.41) is 2.69. The lowest BCUT2D eigenvalue weighted by atomic mass is 9.91. The van der Waals surface area contributed by atoms with Gasteiger partial charge in [-0.25, -0.2) is 0 Å². The highest BCUT2D eigenvalue weighted by Crippen LogP contribution is 2.32. The number of nitrogens with one attached hydrogen (secondary N) is 1. The maximum Gasteiger partial charge on any atom is 0.416 e. The van der Waals surface area contributed by atoms with Gasteiger partial charge in [0.2, 0.25) is 5.91 Å². The normalized spacial score (nSPS) is 12.4. The number of ether oxygens (including phenoxy) is 1. The van der Waals surface area contributed by atoms with Gasteiger partial charge < -0.3 is 15.8 Å². The average molecular weight is 424 g/mol. The van der Waals surface area contributed by atoms with Crippen LogP contribution in [0, 0.1) is 0 Å². The molecular formula is C21H23F3N2O2S. The second-order valence-corrected chi connectivity index (χ2v) is 7.25. The summed E-state index contributed by atoms with van der Waals surface area (Å²) in [4.78, 5) is 12.4. The minimum Gasteiger partial charge on any atom is -0.398 e. The minimum absolute atomic E-state index is 0.125. The number of nitrogens with two attached hydrogens (primary N) is 1. The van der Waals surface area contributed by atoms with Gasteiger partial charge in [-0.05, 0) is 34.5 Å². The third-order valence-corrected chi connectivity index (χ3v) is 4.73. The Bertz CT molecular complexity index is 856. The molecule has 3 N–H and O–H groups in total. The molecule has 2 aromatic carbocycles. The highest BCUT2D eigenvalue weighted by molar-refractivity contribution is 7.80. The van der Waals surface area contributed by atoms with Crippen molar-refractivity contribution >= 4 is 28.7 Å². The van der Waals surface area contributed by atoms with Crippen molar-refractivity contribution < 1.29 is 22.7 Å². The molecule has 0 aliphatic rings. The van der Waals surface area contributed by atoms with Crippen LogP contribution in [0.5, 0.6) is 0 Å². The molecule has 0 heterocycles. The first-order valence-electron chi connectivity index (χ1n) is 8.98. The number of amides is 1. The van der Waals surface area contributed by atoms with Crippen LogP contribution in [-0.4, -0.2) is 31.0 Å². The van der Waals surface area contributed by atoms with E-state index in [1.165, 1.54) is 13.2 Å². The fourth-order valence-corrected chi connectivity index (χ4v) is 3.31. The summed E-state index contributed by atoms with van der Waals surface area (Å²) in [7, 11) is 1.39. The first kappa shape index (κ1) is 22.8. The largest absolute Gasteiger partial charge is 0.416 e. The van der Waals surface area contributed by atoms with E-state index in [1.54, 1.807) is 12.1 Å². The number of para-hydroxylation sites is 1. The van der Waals surface area contributed by atoms with Gasteiger partial charge in [-0.15, -0.1) is 0 Å². The van der Waals surface area contributed by atoms with Gasteiger partial charge in [-0.3, -0.25) is 4.79 Å². The Morgan fingerprint density at radius 1 is 1.21 bits per heavy atom. The monoisotopic (exact) mass is 424 g/mol. The van der Waals surface area contributed by atoms with Crippen molar-refractivity contribution in [3.63, 3.8) is 0 Å². The number of thiocarbonyl (C=S) groups is 1. The number of carbonyl (C=O) groups is 1. The van der Waals surface area contributed by atoms with Crippen molar-refractivity contribution in [1.29, 1.82) is 0 Å². The lowest BCUT2D eigenvalue weighted by molar-refractivity contribution is -0.137. The average Bonchev–Trinajstić information content (AvgIpc) is 2.66. The molecule has 8 heteroatoms. The van der Waals surface area contributed by atoms with Gasteiger partial charge in [0.1, 0.15) is 6.61 Å². The summed E-state index contributed by atoms with van der Waals surface area (Å²) in [6.45, 7) is 0.0220. The standard InChI is InChI=1S/C21H23F3N2O2S/c1-28-13-20(27)26-12-16(14-6-4-7-17(9-14)21(22,23)24)11-18(29)10-15-5-2-3-8-19(15)25/h2-9,16H,10-13,25H2,1H3,(H,26,27)/t16-/m0/s1. The van der Waals surface area contributed by atoms with E-state index in [2.05, 4.69) is 5.32 Å². The van der Waals surface area contributed by atoms with Gasteiger partial charge in [-0.2, -0.15) is 13.2 Å². The number of carbonyl (C=O) groups excluding carboxylic acids is 1. The Morgan fingerprint density at radius 3 is 2.59 bits per heavy atom. The van der Waals surface area contributed by atoms with Crippen LogP contribution in [0.1, 0.15) is 29.0 Å². The van der Waals surface area contributed by atoms with Crippen LogP contribution in [0.4, 0.5) is 18.9 Å². The Morgan fingerprint density at radius 2 is 1.93 bits per heavy atom. The van der Waals surface area contributed by atoms with Crippen LogP contribution in [0.25, 0.3) is 0 Å². The van der Waals surface area contributed by atoms with Gasteiger partial charge in [-0.1, -0.05) is 48.6 Å². The molecule has 0 aliphatic heterocycles. The maximum absolute atomic E-state index is 13.1. The molecule has 0 aromatic heterocycles. The summed E-state index contributed by atoms with van der Waals surface area (Å²) in [6.07, 6.45) is -3.68. The van der Waals surface area contributed by atoms with Gasteiger partial charge >= 0.3 is 6.18 Å². The van der Waals surface area contributed by atoms with Crippen molar-refractivity contribution in [3.05, 3.63) is 65.2 Å². The molecule has 1 amide bonds. The van der Waals surface area contributed by atoms with Gasteiger partial charge in [0, 0.05) is 31.7 Å². The number of alkyl halides is 3. The number of benzene rings is 2. The van der Waals surface area contributed by atoms with Crippen molar-refractivity contribution in [2.45, 2.75) is 24.9 Å². The van der Waals surface area contributed by atoms with Gasteiger partial charge in [0.25, 0.3) is 0 Å². The number of rotatable bonds is 9. The summed E-state index contributed by atoms with van der Waals surface area (Å²) < 4.78 is 44.1. The van der Waals surface area contributed by atoms with Gasteiger partial charge in [0.15, 0.2) is 0 Å². The first-order valence-corrected chi connectivity index (χ1v) is 9.39. The third-order valence-electron chi connectivity index (χ3n) is 4.42. The Balaban J connectivity index is 2.19. The number of hydrogen-bond donors (Lipinski definition) is 2. The minimum atomic E-state index is -4.45. The van der Waals surface area contributed by atoms with E-state index in [0.29, 0.717) is 29.0 Å². The van der Waals surface area contributed by atoms with E-state index in [-0.39, 0.29) is 19.1 Å². The fourth-order valence-electron chi connectivity index (χ4n) is 2.95. The molecule has 2 rings (SSSR count). The molecule has 156 valence electrons. The molecule has 0 radical (unpaired) electrons. The highest BCUT2D eigenvalue weighted by atomic mass is 32.1. The van der Waals surface area contributed by atoms with E-state index in [0.717, 1.165) is 17.7 Å². The quantitative estimate of drug-likeness (QED) is 0.469. The van der Waals surface area contributed by atoms with Crippen LogP contribution >= 0.6 is 12.2 Å². The van der Waals surface area contributed by atoms with Crippen LogP contribution in [0.2, 0.25) is 0 Å². The SMILES string of the molecule is COCC(=O)NC[C@H](CC(=S)Cc1ccccc1N)c1cccc(C(F)(F)F)c1. The number of nitrogen functional groups attached to an aromatic ring is 1. The van der Waals surface area contributed by atoms with E-state index in [9.17, 15) is 18.0 Å². The van der Waals surface area contributed by atoms with E-state index < -0.39 is 17.7 Å². The van der Waals surface area contributed by atoms with E-state index in [4.69, 9.17) is 22.7 Å². The smallest absolute Gasteiger partial charge is 0.398 e. The van der Waals surface area contributed by atoms with Crippen LogP contribution in [0.3, 0.4) is 0 Å². The lowest BCUT2D eigenvalue weighted by Gasteiger charge is -2.20. The predicted molar refractivity (Wildman–Crippen MR) is 111 cm³/mol. The zero-order valence-corrected chi connectivity index (χ0v) is 16.8. The second kappa shape index (κ2) is 10.4. The first-order chi connectivity index (χ1) is 13.7. The number of anilines is 1. The number of halogens is 3. The molecular weight excluding hydrogens is 401 g/mol. The zero-order valence-electron chi connectivity index (χ0n) is 16.0. The Kier molecular flexibility index (Phi) is 8.16. The molecule has 0 saturated carbocycles. The van der Waals surface area contributed by atoms with Crippen molar-refractivity contribution in [2.75, 3.05) is 26.0 Å². The molecule has 29 heavy (non-hydrogen) atoms. The topological polar surface area (TPSA) is 64.3 Å². The van der Waals surface area contributed by atoms with Crippen LogP contribution in [0.15, 0.2) is 48.5 Å². The van der Waals surface area contributed by atoms with Gasteiger partial charge in [0.05, 0.1) is 5.56 Å². The van der Waals surface area contributed by atoms with Crippen LogP contribution < -0.4 is 11.1 Å². The molecule has 2 aromatic rings. The maximum atomic E-state index is 13.1. The predicted octanol–water partition coefficient (Wildman–Crippen LogP) is 4.14. The summed E-state index contributed by atoms with van der Waals surface area (Å²) in [5.41, 5.74) is 7.15. The molecule has 0 fully saturated rings. The fraction of sp³-hybridized carbons (Fsp3) is 0.333. The van der Waals surface area contributed by atoms with Crippen molar-refractivity contribution in [1.82, 2.24) is 5.32 Å². The van der Waals surface area contributed by atoms with Crippen molar-refractivity contribution in [3.8, 4) is 0 Å². The number of methoxy groups -OCH3 is 1. The third kappa shape index (κ3) is 7.14. The second-order valence-electron chi connectivity index (χ2n) is 6.68. The van der Waals surface area contributed by atoms with Crippen LogP contribution in [-0.2, 0) is 22.1 Å². The Labute approximate surface area is 173 Å². The zero-order chi connectivity index (χ0) is 21.4. The molecule has 0 spiro atoms. The molecule has 0 unspecified atom stereocenters. The molecule has 0 bridgehead atoms.